The summed E-state index contributed by atoms with van der Waals surface area (Å²) in [5.74, 6) is 1.19. The number of nitrogens with one attached hydrogen (secondary N) is 1. The molecular formula is C26H40ClN3O4S. The zero-order valence-corrected chi connectivity index (χ0v) is 22.5. The number of anilines is 1. The highest BCUT2D eigenvalue weighted by Gasteiger charge is 2.33. The molecule has 2 aliphatic heterocycles. The monoisotopic (exact) mass is 525 g/mol. The number of nitrogens with zero attached hydrogens (tertiary/aromatic N) is 2. The topological polar surface area (TPSA) is 93.1 Å². The Bertz CT molecular complexity index is 937. The first-order chi connectivity index (χ1) is 16.6. The standard InChI is InChI=1S/C26H40ClN3O4S/c1-18-15-29(9-10-30(18)26(32)21-7-3-4-8-21)16-22-13-23(27)14-24(19(22)2)28-25(31)12-20-6-5-11-35(33,34)17-20/h13-14,18,20-21,33-34H,3-12,15-17H2,1-2H3,(H,28,31)/t18-,20?/m0/s1. The van der Waals surface area contributed by atoms with Crippen LogP contribution in [0.4, 0.5) is 5.69 Å². The third-order valence-corrected chi connectivity index (χ3v) is 10.1. The van der Waals surface area contributed by atoms with E-state index in [1.54, 1.807) is 6.07 Å². The maximum absolute atomic E-state index is 12.9. The first-order valence-corrected chi connectivity index (χ1v) is 15.2. The Balaban J connectivity index is 1.35. The van der Waals surface area contributed by atoms with Crippen molar-refractivity contribution >= 4 is 39.7 Å². The van der Waals surface area contributed by atoms with Crippen LogP contribution in [0.1, 0.15) is 63.0 Å². The van der Waals surface area contributed by atoms with Gasteiger partial charge in [0.05, 0.1) is 0 Å². The first kappa shape index (κ1) is 26.7. The largest absolute Gasteiger partial charge is 0.337 e. The quantitative estimate of drug-likeness (QED) is 0.465. The second-order valence-electron chi connectivity index (χ2n) is 10.8. The lowest BCUT2D eigenvalue weighted by molar-refractivity contribution is -0.140. The minimum atomic E-state index is -2.54. The maximum atomic E-state index is 12.9. The fourth-order valence-electron chi connectivity index (χ4n) is 5.95. The molecule has 0 radical (unpaired) electrons. The van der Waals surface area contributed by atoms with Gasteiger partial charge in [-0.2, -0.15) is 10.6 Å². The molecule has 1 aliphatic carbocycles. The molecule has 9 heteroatoms. The average Bonchev–Trinajstić information content (AvgIpc) is 3.31. The van der Waals surface area contributed by atoms with Crippen molar-refractivity contribution in [2.45, 2.75) is 71.4 Å². The summed E-state index contributed by atoms with van der Waals surface area (Å²) in [5.41, 5.74) is 2.78. The van der Waals surface area contributed by atoms with Crippen molar-refractivity contribution in [1.82, 2.24) is 9.80 Å². The van der Waals surface area contributed by atoms with Crippen molar-refractivity contribution in [2.75, 3.05) is 36.5 Å². The Morgan fingerprint density at radius 3 is 2.57 bits per heavy atom. The van der Waals surface area contributed by atoms with Gasteiger partial charge in [0.1, 0.15) is 0 Å². The third-order valence-electron chi connectivity index (χ3n) is 7.91. The number of piperazine rings is 1. The van der Waals surface area contributed by atoms with Crippen molar-refractivity contribution in [1.29, 1.82) is 0 Å². The normalized spacial score (nSPS) is 26.5. The molecule has 1 aromatic rings. The maximum Gasteiger partial charge on any atom is 0.226 e. The SMILES string of the molecule is Cc1c(CN2CCN(C(=O)C3CCCC3)[C@@H](C)C2)cc(Cl)cc1NC(=O)CC1CCCS(O)(O)C1. The summed E-state index contributed by atoms with van der Waals surface area (Å²) in [6.07, 6.45) is 6.28. The molecule has 3 fully saturated rings. The molecule has 2 saturated heterocycles. The lowest BCUT2D eigenvalue weighted by Gasteiger charge is -2.41. The van der Waals surface area contributed by atoms with Gasteiger partial charge in [0.25, 0.3) is 0 Å². The Morgan fingerprint density at radius 2 is 1.89 bits per heavy atom. The number of halogens is 1. The number of hydrogen-bond donors (Lipinski definition) is 3. The third kappa shape index (κ3) is 6.92. The van der Waals surface area contributed by atoms with Gasteiger partial charge in [-0.15, -0.1) is 0 Å². The Hall–Kier alpha value is -1.32. The minimum Gasteiger partial charge on any atom is -0.337 e. The van der Waals surface area contributed by atoms with E-state index in [4.69, 9.17) is 11.6 Å². The first-order valence-electron chi connectivity index (χ1n) is 13.0. The van der Waals surface area contributed by atoms with E-state index < -0.39 is 10.6 Å². The zero-order chi connectivity index (χ0) is 25.2. The van der Waals surface area contributed by atoms with E-state index in [0.717, 1.165) is 56.4 Å². The molecule has 1 unspecified atom stereocenters. The van der Waals surface area contributed by atoms with Gasteiger partial charge in [-0.1, -0.05) is 24.4 Å². The van der Waals surface area contributed by atoms with E-state index in [1.165, 1.54) is 12.8 Å². The molecule has 196 valence electrons. The average molecular weight is 526 g/mol. The van der Waals surface area contributed by atoms with Gasteiger partial charge >= 0.3 is 0 Å². The van der Waals surface area contributed by atoms with Gasteiger partial charge in [0, 0.05) is 66.8 Å². The van der Waals surface area contributed by atoms with Crippen molar-refractivity contribution < 1.29 is 18.7 Å². The van der Waals surface area contributed by atoms with Gasteiger partial charge in [0.15, 0.2) is 0 Å². The molecule has 1 aromatic carbocycles. The molecule has 0 bridgehead atoms. The van der Waals surface area contributed by atoms with Crippen LogP contribution in [-0.4, -0.2) is 67.9 Å². The van der Waals surface area contributed by atoms with Crippen molar-refractivity contribution in [3.05, 3.63) is 28.3 Å². The summed E-state index contributed by atoms with van der Waals surface area (Å²) < 4.78 is 20.0. The van der Waals surface area contributed by atoms with Crippen LogP contribution in [-0.2, 0) is 16.1 Å². The van der Waals surface area contributed by atoms with Crippen LogP contribution < -0.4 is 5.32 Å². The predicted molar refractivity (Wildman–Crippen MR) is 143 cm³/mol. The number of carbonyl (C=O) groups is 2. The zero-order valence-electron chi connectivity index (χ0n) is 21.0. The number of hydrogen-bond acceptors (Lipinski definition) is 5. The Kier molecular flexibility index (Phi) is 8.69. The fraction of sp³-hybridized carbons (Fsp3) is 0.692. The van der Waals surface area contributed by atoms with Crippen LogP contribution in [0.3, 0.4) is 0 Å². The molecule has 2 amide bonds. The van der Waals surface area contributed by atoms with E-state index in [-0.39, 0.29) is 30.2 Å². The molecule has 1 saturated carbocycles. The second-order valence-corrected chi connectivity index (χ2v) is 13.6. The molecule has 4 rings (SSSR count). The highest BCUT2D eigenvalue weighted by molar-refractivity contribution is 8.24. The number of benzene rings is 1. The summed E-state index contributed by atoms with van der Waals surface area (Å²) in [4.78, 5) is 30.1. The number of rotatable bonds is 6. The van der Waals surface area contributed by atoms with Gasteiger partial charge in [-0.3, -0.25) is 23.6 Å². The fourth-order valence-corrected chi connectivity index (χ4v) is 8.03. The van der Waals surface area contributed by atoms with Crippen molar-refractivity contribution in [3.63, 3.8) is 0 Å². The van der Waals surface area contributed by atoms with E-state index in [0.29, 0.717) is 34.7 Å². The summed E-state index contributed by atoms with van der Waals surface area (Å²) in [6.45, 7) is 7.25. The van der Waals surface area contributed by atoms with Gasteiger partial charge in [0.2, 0.25) is 11.8 Å². The van der Waals surface area contributed by atoms with Crippen LogP contribution in [0.15, 0.2) is 12.1 Å². The molecule has 0 aromatic heterocycles. The summed E-state index contributed by atoms with van der Waals surface area (Å²) in [5, 5.41) is 3.60. The molecule has 2 heterocycles. The summed E-state index contributed by atoms with van der Waals surface area (Å²) in [6, 6.07) is 3.93. The van der Waals surface area contributed by atoms with E-state index in [2.05, 4.69) is 22.0 Å². The summed E-state index contributed by atoms with van der Waals surface area (Å²) >= 11 is 6.43. The Morgan fingerprint density at radius 1 is 1.14 bits per heavy atom. The highest BCUT2D eigenvalue weighted by atomic mass is 35.5. The predicted octanol–water partition coefficient (Wildman–Crippen LogP) is 5.36. The smallest absolute Gasteiger partial charge is 0.226 e. The molecule has 3 aliphatic rings. The van der Waals surface area contributed by atoms with Gasteiger partial charge in [-0.25, -0.2) is 0 Å². The van der Waals surface area contributed by atoms with Crippen LogP contribution in [0, 0.1) is 18.8 Å². The molecular weight excluding hydrogens is 486 g/mol. The van der Waals surface area contributed by atoms with Crippen LogP contribution in [0.5, 0.6) is 0 Å². The van der Waals surface area contributed by atoms with E-state index in [1.807, 2.05) is 13.0 Å². The molecule has 3 N–H and O–H groups in total. The molecule has 7 nitrogen and oxygen atoms in total. The summed E-state index contributed by atoms with van der Waals surface area (Å²) in [7, 11) is -2.54. The van der Waals surface area contributed by atoms with Gasteiger partial charge < -0.3 is 10.2 Å². The van der Waals surface area contributed by atoms with Crippen molar-refractivity contribution in [3.8, 4) is 0 Å². The van der Waals surface area contributed by atoms with Crippen LogP contribution in [0.25, 0.3) is 0 Å². The van der Waals surface area contributed by atoms with Crippen molar-refractivity contribution in [2.24, 2.45) is 11.8 Å². The molecule has 0 spiro atoms. The van der Waals surface area contributed by atoms with E-state index >= 15 is 0 Å². The van der Waals surface area contributed by atoms with E-state index in [9.17, 15) is 18.7 Å². The van der Waals surface area contributed by atoms with Gasteiger partial charge in [-0.05, 0) is 68.7 Å². The lowest BCUT2D eigenvalue weighted by atomic mass is 10.0. The highest BCUT2D eigenvalue weighted by Crippen LogP contribution is 2.47. The van der Waals surface area contributed by atoms with Crippen LogP contribution >= 0.6 is 22.2 Å². The number of carbonyl (C=O) groups excluding carboxylic acids is 2. The Labute approximate surface area is 215 Å². The molecule has 2 atom stereocenters. The second kappa shape index (κ2) is 11.4. The number of amides is 2. The molecule has 35 heavy (non-hydrogen) atoms. The van der Waals surface area contributed by atoms with Crippen LogP contribution in [0.2, 0.25) is 5.02 Å². The lowest BCUT2D eigenvalue weighted by Crippen LogP contribution is -2.54. The minimum absolute atomic E-state index is 0.00237.